The first-order valence-corrected chi connectivity index (χ1v) is 12.1. The fraction of sp³-hybridized carbons (Fsp3) is 0.538. The van der Waals surface area contributed by atoms with Crippen LogP contribution >= 0.6 is 11.8 Å². The maximum absolute atomic E-state index is 5.92. The van der Waals surface area contributed by atoms with E-state index in [4.69, 9.17) is 4.74 Å². The van der Waals surface area contributed by atoms with E-state index in [2.05, 4.69) is 82.8 Å². The summed E-state index contributed by atoms with van der Waals surface area (Å²) >= 11 is 2.00. The third-order valence-electron chi connectivity index (χ3n) is 5.60. The van der Waals surface area contributed by atoms with Crippen LogP contribution in [0, 0.1) is 13.8 Å². The molecule has 1 aliphatic heterocycles. The molecular formula is C26H37NOS. The average Bonchev–Trinajstić information content (AvgIpc) is 2.64. The molecule has 0 radical (unpaired) electrons. The number of thioether (sulfide) groups is 1. The summed E-state index contributed by atoms with van der Waals surface area (Å²) in [6, 6.07) is 14.0. The fourth-order valence-corrected chi connectivity index (χ4v) is 5.12. The molecule has 1 aliphatic rings. The van der Waals surface area contributed by atoms with Crippen LogP contribution in [0.1, 0.15) is 55.5 Å². The molecule has 1 saturated heterocycles. The Morgan fingerprint density at radius 1 is 0.897 bits per heavy atom. The van der Waals surface area contributed by atoms with E-state index in [0.717, 1.165) is 31.7 Å². The summed E-state index contributed by atoms with van der Waals surface area (Å²) in [5.41, 5.74) is 8.49. The summed E-state index contributed by atoms with van der Waals surface area (Å²) < 4.78 is 5.92. The van der Waals surface area contributed by atoms with Gasteiger partial charge in [-0.05, 0) is 73.6 Å². The van der Waals surface area contributed by atoms with Crippen LogP contribution in [-0.4, -0.2) is 30.5 Å². The Balaban J connectivity index is 1.63. The molecule has 2 atom stereocenters. The lowest BCUT2D eigenvalue weighted by Gasteiger charge is -2.38. The van der Waals surface area contributed by atoms with Crippen molar-refractivity contribution in [3.8, 4) is 0 Å². The van der Waals surface area contributed by atoms with Gasteiger partial charge >= 0.3 is 0 Å². The molecule has 29 heavy (non-hydrogen) atoms. The van der Waals surface area contributed by atoms with Gasteiger partial charge in [-0.25, -0.2) is 0 Å². The lowest BCUT2D eigenvalue weighted by Crippen LogP contribution is -2.46. The quantitative estimate of drug-likeness (QED) is 0.527. The highest BCUT2D eigenvalue weighted by Gasteiger charge is 2.24. The van der Waals surface area contributed by atoms with Crippen molar-refractivity contribution in [2.45, 2.75) is 77.6 Å². The first-order chi connectivity index (χ1) is 13.8. The van der Waals surface area contributed by atoms with Crippen molar-refractivity contribution in [3.05, 3.63) is 64.2 Å². The highest BCUT2D eigenvalue weighted by atomic mass is 32.2. The van der Waals surface area contributed by atoms with Crippen molar-refractivity contribution in [1.82, 2.24) is 0 Å². The lowest BCUT2D eigenvalue weighted by molar-refractivity contribution is -0.00527. The predicted molar refractivity (Wildman–Crippen MR) is 128 cm³/mol. The highest BCUT2D eigenvalue weighted by Crippen LogP contribution is 2.29. The number of aryl methyl sites for hydroxylation is 4. The zero-order valence-corrected chi connectivity index (χ0v) is 19.8. The standard InChI is InChI=1S/C26H37NOS/c1-18(2)29-17-24-10-7-23(8-11-24)9-12-25-13-19(3)26(20(4)14-25)27-15-21(5)28-22(6)16-27/h7-8,10-11,13-14,18,21-22H,9,12,15-17H2,1-6H3/t21-,22+. The molecule has 0 saturated carbocycles. The molecule has 2 aromatic carbocycles. The molecule has 2 aromatic rings. The maximum atomic E-state index is 5.92. The summed E-state index contributed by atoms with van der Waals surface area (Å²) in [7, 11) is 0. The van der Waals surface area contributed by atoms with E-state index in [9.17, 15) is 0 Å². The van der Waals surface area contributed by atoms with Crippen molar-refractivity contribution in [1.29, 1.82) is 0 Å². The molecular weight excluding hydrogens is 374 g/mol. The Labute approximate surface area is 182 Å². The number of nitrogens with zero attached hydrogens (tertiary/aromatic N) is 1. The lowest BCUT2D eigenvalue weighted by atomic mass is 9.97. The summed E-state index contributed by atoms with van der Waals surface area (Å²) in [6.07, 6.45) is 2.78. The molecule has 0 aromatic heterocycles. The van der Waals surface area contributed by atoms with Gasteiger partial charge in [-0.3, -0.25) is 0 Å². The smallest absolute Gasteiger partial charge is 0.0726 e. The van der Waals surface area contributed by atoms with E-state index < -0.39 is 0 Å². The Kier molecular flexibility index (Phi) is 7.70. The number of hydrogen-bond acceptors (Lipinski definition) is 3. The Morgan fingerprint density at radius 3 is 1.97 bits per heavy atom. The minimum absolute atomic E-state index is 0.291. The van der Waals surface area contributed by atoms with Gasteiger partial charge in [0.15, 0.2) is 0 Å². The van der Waals surface area contributed by atoms with Crippen LogP contribution in [0.5, 0.6) is 0 Å². The molecule has 3 heteroatoms. The van der Waals surface area contributed by atoms with Gasteiger partial charge in [0.2, 0.25) is 0 Å². The molecule has 0 N–H and O–H groups in total. The molecule has 0 aliphatic carbocycles. The van der Waals surface area contributed by atoms with Crippen molar-refractivity contribution >= 4 is 17.4 Å². The summed E-state index contributed by atoms with van der Waals surface area (Å²) in [5.74, 6) is 1.11. The second kappa shape index (κ2) is 10.0. The van der Waals surface area contributed by atoms with Gasteiger partial charge < -0.3 is 9.64 Å². The third kappa shape index (κ3) is 6.26. The molecule has 158 valence electrons. The topological polar surface area (TPSA) is 12.5 Å². The fourth-order valence-electron chi connectivity index (χ4n) is 4.40. The second-order valence-corrected chi connectivity index (χ2v) is 10.5. The molecule has 0 unspecified atom stereocenters. The van der Waals surface area contributed by atoms with Crippen LogP contribution in [0.4, 0.5) is 5.69 Å². The van der Waals surface area contributed by atoms with Gasteiger partial charge in [-0.2, -0.15) is 11.8 Å². The summed E-state index contributed by atoms with van der Waals surface area (Å²) in [6.45, 7) is 15.3. The zero-order chi connectivity index (χ0) is 21.0. The van der Waals surface area contributed by atoms with Gasteiger partial charge in [-0.1, -0.05) is 50.2 Å². The minimum Gasteiger partial charge on any atom is -0.372 e. The summed E-state index contributed by atoms with van der Waals surface area (Å²) in [4.78, 5) is 2.52. The first kappa shape index (κ1) is 22.2. The van der Waals surface area contributed by atoms with Crippen LogP contribution in [0.15, 0.2) is 36.4 Å². The highest BCUT2D eigenvalue weighted by molar-refractivity contribution is 7.99. The summed E-state index contributed by atoms with van der Waals surface area (Å²) in [5, 5.41) is 0.688. The number of morpholine rings is 1. The van der Waals surface area contributed by atoms with Gasteiger partial charge in [0.05, 0.1) is 12.2 Å². The minimum atomic E-state index is 0.291. The van der Waals surface area contributed by atoms with Crippen molar-refractivity contribution in [3.63, 3.8) is 0 Å². The Hall–Kier alpha value is -1.45. The SMILES string of the molecule is Cc1cc(CCc2ccc(CSC(C)C)cc2)cc(C)c1N1C[C@@H](C)O[C@@H](C)C1. The molecule has 0 amide bonds. The van der Waals surface area contributed by atoms with Gasteiger partial charge in [0.25, 0.3) is 0 Å². The molecule has 3 rings (SSSR count). The van der Waals surface area contributed by atoms with Crippen LogP contribution in [0.2, 0.25) is 0 Å². The van der Waals surface area contributed by atoms with E-state index in [1.165, 1.54) is 33.5 Å². The molecule has 0 spiro atoms. The molecule has 0 bridgehead atoms. The maximum Gasteiger partial charge on any atom is 0.0726 e. The first-order valence-electron chi connectivity index (χ1n) is 11.0. The predicted octanol–water partition coefficient (Wildman–Crippen LogP) is 6.34. The average molecular weight is 412 g/mol. The van der Waals surface area contributed by atoms with Gasteiger partial charge in [0.1, 0.15) is 0 Å². The second-order valence-electron chi connectivity index (χ2n) is 8.92. The molecule has 1 fully saturated rings. The van der Waals surface area contributed by atoms with Crippen LogP contribution in [-0.2, 0) is 23.3 Å². The van der Waals surface area contributed by atoms with E-state index in [1.807, 2.05) is 11.8 Å². The van der Waals surface area contributed by atoms with Crippen molar-refractivity contribution in [2.75, 3.05) is 18.0 Å². The van der Waals surface area contributed by atoms with Gasteiger partial charge in [0, 0.05) is 24.5 Å². The number of hydrogen-bond donors (Lipinski definition) is 0. The number of rotatable bonds is 7. The van der Waals surface area contributed by atoms with Gasteiger partial charge in [-0.15, -0.1) is 0 Å². The van der Waals surface area contributed by atoms with E-state index in [1.54, 1.807) is 0 Å². The molecule has 1 heterocycles. The van der Waals surface area contributed by atoms with E-state index in [-0.39, 0.29) is 0 Å². The Bertz CT molecular complexity index is 766. The van der Waals surface area contributed by atoms with E-state index in [0.29, 0.717) is 17.5 Å². The third-order valence-corrected chi connectivity index (χ3v) is 6.76. The Morgan fingerprint density at radius 2 is 1.41 bits per heavy atom. The largest absolute Gasteiger partial charge is 0.372 e. The van der Waals surface area contributed by atoms with E-state index >= 15 is 0 Å². The monoisotopic (exact) mass is 411 g/mol. The molecule has 2 nitrogen and oxygen atoms in total. The van der Waals surface area contributed by atoms with Crippen LogP contribution < -0.4 is 4.90 Å². The number of anilines is 1. The van der Waals surface area contributed by atoms with Crippen molar-refractivity contribution in [2.24, 2.45) is 0 Å². The zero-order valence-electron chi connectivity index (χ0n) is 19.0. The number of ether oxygens (including phenoxy) is 1. The van der Waals surface area contributed by atoms with Crippen LogP contribution in [0.25, 0.3) is 0 Å². The number of benzene rings is 2. The normalized spacial score (nSPS) is 19.8. The van der Waals surface area contributed by atoms with Crippen molar-refractivity contribution < 1.29 is 4.74 Å². The van der Waals surface area contributed by atoms with Crippen LogP contribution in [0.3, 0.4) is 0 Å².